The Morgan fingerprint density at radius 3 is 1.09 bits per heavy atom. The molecule has 44 heavy (non-hydrogen) atoms. The molecular weight excluding hydrogens is 530 g/mol. The third kappa shape index (κ3) is 5.86. The highest BCUT2D eigenvalue weighted by atomic mass is 14.7. The molecule has 0 unspecified atom stereocenters. The summed E-state index contributed by atoms with van der Waals surface area (Å²) in [5.41, 5.74) is 16.1. The molecular formula is C43H33N. The summed E-state index contributed by atoms with van der Waals surface area (Å²) in [4.78, 5) is 5.28. The van der Waals surface area contributed by atoms with Gasteiger partial charge >= 0.3 is 0 Å². The Labute approximate surface area is 260 Å². The van der Waals surface area contributed by atoms with E-state index in [4.69, 9.17) is 4.98 Å². The maximum Gasteiger partial charge on any atom is 0.0715 e. The van der Waals surface area contributed by atoms with Gasteiger partial charge in [0.25, 0.3) is 0 Å². The van der Waals surface area contributed by atoms with E-state index in [2.05, 4.69) is 178 Å². The molecule has 0 spiro atoms. The van der Waals surface area contributed by atoms with Gasteiger partial charge in [-0.1, -0.05) is 145 Å². The van der Waals surface area contributed by atoms with Gasteiger partial charge in [-0.3, -0.25) is 0 Å². The van der Waals surface area contributed by atoms with Crippen molar-refractivity contribution in [2.24, 2.45) is 0 Å². The molecule has 0 aliphatic heterocycles. The molecule has 6 aromatic carbocycles. The standard InChI is InChI=1S/C43H33N/c1-30-11-6-15-33(23-30)36-18-9-21-39(26-36)42-28-41(38-20-8-17-35(25-38)32-13-4-3-5-14-32)29-43(44-42)40-22-10-19-37(27-40)34-16-7-12-31(2)24-34/h3-29H,1-2H3. The van der Waals surface area contributed by atoms with Gasteiger partial charge in [-0.25, -0.2) is 4.98 Å². The van der Waals surface area contributed by atoms with E-state index >= 15 is 0 Å². The topological polar surface area (TPSA) is 12.9 Å². The van der Waals surface area contributed by atoms with Crippen molar-refractivity contribution in [3.63, 3.8) is 0 Å². The van der Waals surface area contributed by atoms with Crippen LogP contribution in [0.4, 0.5) is 0 Å². The fraction of sp³-hybridized carbons (Fsp3) is 0.0465. The minimum Gasteiger partial charge on any atom is -0.248 e. The summed E-state index contributed by atoms with van der Waals surface area (Å²) < 4.78 is 0. The summed E-state index contributed by atoms with van der Waals surface area (Å²) in [5, 5.41) is 0. The molecule has 0 N–H and O–H groups in total. The predicted molar refractivity (Wildman–Crippen MR) is 186 cm³/mol. The lowest BCUT2D eigenvalue weighted by atomic mass is 9.95. The number of pyridine rings is 1. The van der Waals surface area contributed by atoms with Crippen LogP contribution in [-0.2, 0) is 0 Å². The molecule has 0 amide bonds. The summed E-state index contributed by atoms with van der Waals surface area (Å²) in [5.74, 6) is 0. The average Bonchev–Trinajstić information content (AvgIpc) is 3.09. The molecule has 7 rings (SSSR count). The minimum atomic E-state index is 0.957. The van der Waals surface area contributed by atoms with Crippen molar-refractivity contribution in [3.05, 3.63) is 175 Å². The third-order valence-electron chi connectivity index (χ3n) is 8.15. The van der Waals surface area contributed by atoms with Gasteiger partial charge in [-0.05, 0) is 88.7 Å². The molecule has 1 nitrogen and oxygen atoms in total. The molecule has 0 saturated heterocycles. The van der Waals surface area contributed by atoms with Crippen LogP contribution in [0.25, 0.3) is 67.0 Å². The number of nitrogens with zero attached hydrogens (tertiary/aromatic N) is 1. The summed E-state index contributed by atoms with van der Waals surface area (Å²) in [6.45, 7) is 4.28. The molecule has 0 fully saturated rings. The van der Waals surface area contributed by atoms with Gasteiger partial charge in [0.1, 0.15) is 0 Å². The number of aryl methyl sites for hydroxylation is 2. The second-order valence-electron chi connectivity index (χ2n) is 11.5. The van der Waals surface area contributed by atoms with Gasteiger partial charge in [0.05, 0.1) is 11.4 Å². The van der Waals surface area contributed by atoms with E-state index in [1.54, 1.807) is 0 Å². The van der Waals surface area contributed by atoms with E-state index in [9.17, 15) is 0 Å². The SMILES string of the molecule is Cc1cccc(-c2cccc(-c3cc(-c4cccc(-c5ccccc5)c4)cc(-c4cccc(-c5cccc(C)c5)c4)n3)c2)c1. The maximum atomic E-state index is 5.28. The number of hydrogen-bond acceptors (Lipinski definition) is 1. The molecule has 1 heterocycles. The van der Waals surface area contributed by atoms with Crippen molar-refractivity contribution in [3.8, 4) is 67.0 Å². The van der Waals surface area contributed by atoms with Crippen LogP contribution in [0.2, 0.25) is 0 Å². The molecule has 0 aliphatic carbocycles. The lowest BCUT2D eigenvalue weighted by molar-refractivity contribution is 1.32. The van der Waals surface area contributed by atoms with Crippen LogP contribution in [-0.4, -0.2) is 4.98 Å². The van der Waals surface area contributed by atoms with Crippen molar-refractivity contribution in [1.29, 1.82) is 0 Å². The zero-order valence-electron chi connectivity index (χ0n) is 25.0. The van der Waals surface area contributed by atoms with Gasteiger partial charge in [-0.15, -0.1) is 0 Å². The van der Waals surface area contributed by atoms with Crippen LogP contribution in [0.1, 0.15) is 11.1 Å². The van der Waals surface area contributed by atoms with Gasteiger partial charge < -0.3 is 0 Å². The Kier molecular flexibility index (Phi) is 7.44. The molecule has 0 saturated carbocycles. The second kappa shape index (κ2) is 12.0. The zero-order chi connectivity index (χ0) is 29.9. The number of aromatic nitrogens is 1. The summed E-state index contributed by atoms with van der Waals surface area (Å²) in [6, 6.07) is 58.6. The van der Waals surface area contributed by atoms with Crippen LogP contribution in [0, 0.1) is 13.8 Å². The van der Waals surface area contributed by atoms with Gasteiger partial charge in [-0.2, -0.15) is 0 Å². The molecule has 7 aromatic rings. The minimum absolute atomic E-state index is 0.957. The molecule has 0 radical (unpaired) electrons. The summed E-state index contributed by atoms with van der Waals surface area (Å²) in [6.07, 6.45) is 0. The molecule has 0 bridgehead atoms. The van der Waals surface area contributed by atoms with Crippen LogP contribution in [0.3, 0.4) is 0 Å². The highest BCUT2D eigenvalue weighted by molar-refractivity contribution is 5.82. The van der Waals surface area contributed by atoms with Gasteiger partial charge in [0, 0.05) is 11.1 Å². The van der Waals surface area contributed by atoms with Crippen LogP contribution < -0.4 is 0 Å². The first-order chi connectivity index (χ1) is 21.6. The maximum absolute atomic E-state index is 5.28. The first kappa shape index (κ1) is 27.3. The third-order valence-corrected chi connectivity index (χ3v) is 8.15. The van der Waals surface area contributed by atoms with E-state index in [1.165, 1.54) is 50.1 Å². The molecule has 0 aliphatic rings. The van der Waals surface area contributed by atoms with Crippen LogP contribution in [0.5, 0.6) is 0 Å². The molecule has 1 aromatic heterocycles. The van der Waals surface area contributed by atoms with Crippen molar-refractivity contribution >= 4 is 0 Å². The van der Waals surface area contributed by atoms with Crippen molar-refractivity contribution in [2.45, 2.75) is 13.8 Å². The number of hydrogen-bond donors (Lipinski definition) is 0. The van der Waals surface area contributed by atoms with E-state index in [-0.39, 0.29) is 0 Å². The fourth-order valence-corrected chi connectivity index (χ4v) is 5.87. The summed E-state index contributed by atoms with van der Waals surface area (Å²) in [7, 11) is 0. The molecule has 0 atom stereocenters. The van der Waals surface area contributed by atoms with Crippen molar-refractivity contribution in [2.75, 3.05) is 0 Å². The Morgan fingerprint density at radius 2 is 0.614 bits per heavy atom. The van der Waals surface area contributed by atoms with E-state index in [0.717, 1.165) is 28.1 Å². The van der Waals surface area contributed by atoms with Gasteiger partial charge in [0.15, 0.2) is 0 Å². The Bertz CT molecular complexity index is 1980. The normalized spacial score (nSPS) is 11.0. The Balaban J connectivity index is 1.38. The largest absolute Gasteiger partial charge is 0.248 e. The fourth-order valence-electron chi connectivity index (χ4n) is 5.87. The average molecular weight is 564 g/mol. The zero-order valence-corrected chi connectivity index (χ0v) is 25.0. The monoisotopic (exact) mass is 563 g/mol. The van der Waals surface area contributed by atoms with E-state index < -0.39 is 0 Å². The first-order valence-electron chi connectivity index (χ1n) is 15.1. The smallest absolute Gasteiger partial charge is 0.0715 e. The molecule has 210 valence electrons. The van der Waals surface area contributed by atoms with Crippen LogP contribution in [0.15, 0.2) is 164 Å². The number of benzene rings is 6. The Hall–Kier alpha value is -5.53. The lowest BCUT2D eigenvalue weighted by Crippen LogP contribution is -1.92. The summed E-state index contributed by atoms with van der Waals surface area (Å²) >= 11 is 0. The Morgan fingerprint density at radius 1 is 0.273 bits per heavy atom. The van der Waals surface area contributed by atoms with Crippen LogP contribution >= 0.6 is 0 Å². The van der Waals surface area contributed by atoms with E-state index in [1.807, 2.05) is 0 Å². The number of rotatable bonds is 6. The highest BCUT2D eigenvalue weighted by Gasteiger charge is 2.12. The van der Waals surface area contributed by atoms with E-state index in [0.29, 0.717) is 0 Å². The molecule has 1 heteroatoms. The predicted octanol–water partition coefficient (Wildman–Crippen LogP) is 11.7. The highest BCUT2D eigenvalue weighted by Crippen LogP contribution is 2.35. The first-order valence-corrected chi connectivity index (χ1v) is 15.1. The van der Waals surface area contributed by atoms with Crippen molar-refractivity contribution < 1.29 is 0 Å². The lowest BCUT2D eigenvalue weighted by Gasteiger charge is -2.13. The quantitative estimate of drug-likeness (QED) is 0.196. The van der Waals surface area contributed by atoms with Crippen molar-refractivity contribution in [1.82, 2.24) is 4.98 Å². The second-order valence-corrected chi connectivity index (χ2v) is 11.5. The van der Waals surface area contributed by atoms with Gasteiger partial charge in [0.2, 0.25) is 0 Å².